The van der Waals surface area contributed by atoms with Gasteiger partial charge in [-0.05, 0) is 39.5 Å². The van der Waals surface area contributed by atoms with Crippen molar-refractivity contribution in [1.29, 1.82) is 0 Å². The molecule has 0 amide bonds. The van der Waals surface area contributed by atoms with Crippen LogP contribution in [0.3, 0.4) is 0 Å². The van der Waals surface area contributed by atoms with Gasteiger partial charge in [-0.2, -0.15) is 0 Å². The summed E-state index contributed by atoms with van der Waals surface area (Å²) >= 11 is 6.73. The Balaban J connectivity index is 2.02. The van der Waals surface area contributed by atoms with E-state index in [0.717, 1.165) is 20.8 Å². The molecule has 0 fully saturated rings. The molecule has 0 atom stereocenters. The summed E-state index contributed by atoms with van der Waals surface area (Å²) < 4.78 is 0.984. The van der Waals surface area contributed by atoms with Gasteiger partial charge in [0.15, 0.2) is 0 Å². The minimum absolute atomic E-state index is 0.100. The highest BCUT2D eigenvalue weighted by Crippen LogP contribution is 2.26. The second-order valence-corrected chi connectivity index (χ2v) is 6.23. The van der Waals surface area contributed by atoms with Crippen molar-refractivity contribution in [3.63, 3.8) is 0 Å². The highest BCUT2D eigenvalue weighted by atomic mass is 79.9. The molecule has 2 aromatic rings. The van der Waals surface area contributed by atoms with Crippen LogP contribution in [-0.4, -0.2) is 16.7 Å². The van der Waals surface area contributed by atoms with E-state index in [2.05, 4.69) is 32.8 Å². The molecule has 2 heterocycles. The van der Waals surface area contributed by atoms with Crippen LogP contribution in [0.2, 0.25) is 0 Å². The Labute approximate surface area is 123 Å². The topological polar surface area (TPSA) is 33.1 Å². The molecule has 18 heavy (non-hydrogen) atoms. The zero-order valence-electron chi connectivity index (χ0n) is 9.39. The Morgan fingerprint density at radius 2 is 2.28 bits per heavy atom. The summed E-state index contributed by atoms with van der Waals surface area (Å²) in [5.41, 5.74) is 0.999. The number of nitrogens with zero attached hydrogens (tertiary/aromatic N) is 1. The first-order chi connectivity index (χ1) is 8.79. The smallest absolute Gasteiger partial charge is 0.104 e. The molecule has 0 saturated heterocycles. The number of halogens is 1. The van der Waals surface area contributed by atoms with Crippen molar-refractivity contribution in [2.45, 2.75) is 10.8 Å². The maximum atomic E-state index is 8.70. The third-order valence-electron chi connectivity index (χ3n) is 2.10. The van der Waals surface area contributed by atoms with Gasteiger partial charge in [0.2, 0.25) is 0 Å². The van der Waals surface area contributed by atoms with Crippen molar-refractivity contribution >= 4 is 39.0 Å². The second kappa shape index (κ2) is 6.95. The zero-order chi connectivity index (χ0) is 12.8. The van der Waals surface area contributed by atoms with Crippen molar-refractivity contribution in [2.24, 2.45) is 0 Å². The average molecular weight is 340 g/mol. The minimum Gasteiger partial charge on any atom is -0.384 e. The van der Waals surface area contributed by atoms with E-state index in [1.165, 1.54) is 4.88 Å². The quantitative estimate of drug-likeness (QED) is 0.685. The number of hydrogen-bond donors (Lipinski definition) is 1. The Morgan fingerprint density at radius 3 is 3.00 bits per heavy atom. The normalized spacial score (nSPS) is 9.89. The summed E-state index contributed by atoms with van der Waals surface area (Å²) in [5, 5.41) is 11.7. The van der Waals surface area contributed by atoms with Gasteiger partial charge >= 0.3 is 0 Å². The van der Waals surface area contributed by atoms with E-state index >= 15 is 0 Å². The lowest BCUT2D eigenvalue weighted by Gasteiger charge is -2.00. The van der Waals surface area contributed by atoms with E-state index in [4.69, 9.17) is 5.11 Å². The van der Waals surface area contributed by atoms with E-state index in [1.807, 2.05) is 23.6 Å². The van der Waals surface area contributed by atoms with Crippen LogP contribution in [0, 0.1) is 11.8 Å². The number of aromatic nitrogens is 1. The predicted octanol–water partition coefficient (Wildman–Crippen LogP) is 3.54. The van der Waals surface area contributed by atoms with E-state index < -0.39 is 0 Å². The van der Waals surface area contributed by atoms with Crippen molar-refractivity contribution in [3.8, 4) is 11.8 Å². The van der Waals surface area contributed by atoms with E-state index in [1.54, 1.807) is 29.3 Å². The number of aliphatic hydroxyl groups excluding tert-OH is 1. The maximum Gasteiger partial charge on any atom is 0.104 e. The minimum atomic E-state index is -0.100. The standard InChI is InChI=1S/C13H10BrNOS2/c14-11-3-4-13(15-8-11)18-9-12-10(2-1-6-16)5-7-17-12/h3-5,7-8,16H,6,9H2. The van der Waals surface area contributed by atoms with Gasteiger partial charge in [-0.15, -0.1) is 23.1 Å². The van der Waals surface area contributed by atoms with E-state index in [-0.39, 0.29) is 6.61 Å². The number of thiophene rings is 1. The van der Waals surface area contributed by atoms with Gasteiger partial charge in [0.05, 0.1) is 5.03 Å². The lowest BCUT2D eigenvalue weighted by molar-refractivity contribution is 0.350. The number of aliphatic hydroxyl groups is 1. The van der Waals surface area contributed by atoms with Crippen LogP contribution in [-0.2, 0) is 5.75 Å². The van der Waals surface area contributed by atoms with Gasteiger partial charge in [0.1, 0.15) is 6.61 Å². The summed E-state index contributed by atoms with van der Waals surface area (Å²) in [4.78, 5) is 5.53. The van der Waals surface area contributed by atoms with Crippen molar-refractivity contribution in [2.75, 3.05) is 6.61 Å². The van der Waals surface area contributed by atoms with Crippen molar-refractivity contribution < 1.29 is 5.11 Å². The fourth-order valence-electron chi connectivity index (χ4n) is 1.29. The van der Waals surface area contributed by atoms with E-state index in [9.17, 15) is 0 Å². The first-order valence-electron chi connectivity index (χ1n) is 5.20. The first kappa shape index (κ1) is 13.6. The molecule has 0 saturated carbocycles. The molecular formula is C13H10BrNOS2. The zero-order valence-corrected chi connectivity index (χ0v) is 12.6. The second-order valence-electron chi connectivity index (χ2n) is 3.32. The summed E-state index contributed by atoms with van der Waals surface area (Å²) in [7, 11) is 0. The van der Waals surface area contributed by atoms with Crippen LogP contribution in [0.25, 0.3) is 0 Å². The third kappa shape index (κ3) is 3.85. The lowest BCUT2D eigenvalue weighted by atomic mass is 10.3. The number of thioether (sulfide) groups is 1. The molecule has 0 unspecified atom stereocenters. The summed E-state index contributed by atoms with van der Waals surface area (Å²) in [6, 6.07) is 5.95. The summed E-state index contributed by atoms with van der Waals surface area (Å²) in [5.74, 6) is 6.48. The highest BCUT2D eigenvalue weighted by Gasteiger charge is 2.03. The molecule has 0 aliphatic heterocycles. The van der Waals surface area contributed by atoms with Crippen molar-refractivity contribution in [1.82, 2.24) is 4.98 Å². The summed E-state index contributed by atoms with van der Waals surface area (Å²) in [6.45, 7) is -0.100. The largest absolute Gasteiger partial charge is 0.384 e. The van der Waals surface area contributed by atoms with Gasteiger partial charge in [-0.1, -0.05) is 11.8 Å². The van der Waals surface area contributed by atoms with Crippen LogP contribution in [0.5, 0.6) is 0 Å². The molecule has 0 aliphatic rings. The Hall–Kier alpha value is -0.800. The highest BCUT2D eigenvalue weighted by molar-refractivity contribution is 9.10. The number of rotatable bonds is 3. The summed E-state index contributed by atoms with van der Waals surface area (Å²) in [6.07, 6.45) is 1.79. The molecule has 0 radical (unpaired) electrons. The molecule has 0 spiro atoms. The fraction of sp³-hybridized carbons (Fsp3) is 0.154. The van der Waals surface area contributed by atoms with Gasteiger partial charge in [-0.3, -0.25) is 0 Å². The molecule has 0 aliphatic carbocycles. The molecule has 2 nitrogen and oxygen atoms in total. The molecule has 5 heteroatoms. The van der Waals surface area contributed by atoms with Crippen LogP contribution >= 0.6 is 39.0 Å². The van der Waals surface area contributed by atoms with Crippen LogP contribution in [0.1, 0.15) is 10.4 Å². The molecule has 1 N–H and O–H groups in total. The van der Waals surface area contributed by atoms with Crippen LogP contribution in [0.4, 0.5) is 0 Å². The fourth-order valence-corrected chi connectivity index (χ4v) is 3.31. The molecule has 2 aromatic heterocycles. The molecule has 2 rings (SSSR count). The first-order valence-corrected chi connectivity index (χ1v) is 7.86. The molecule has 92 valence electrons. The molecular weight excluding hydrogens is 330 g/mol. The molecule has 0 bridgehead atoms. The van der Waals surface area contributed by atoms with Gasteiger partial charge in [-0.25, -0.2) is 4.98 Å². The number of hydrogen-bond acceptors (Lipinski definition) is 4. The molecule has 0 aromatic carbocycles. The Bertz CT molecular complexity index is 569. The number of pyridine rings is 1. The van der Waals surface area contributed by atoms with E-state index in [0.29, 0.717) is 0 Å². The monoisotopic (exact) mass is 339 g/mol. The van der Waals surface area contributed by atoms with Crippen LogP contribution < -0.4 is 0 Å². The predicted molar refractivity (Wildman–Crippen MR) is 79.8 cm³/mol. The van der Waals surface area contributed by atoms with Crippen LogP contribution in [0.15, 0.2) is 39.3 Å². The van der Waals surface area contributed by atoms with Gasteiger partial charge in [0, 0.05) is 26.9 Å². The maximum absolute atomic E-state index is 8.70. The van der Waals surface area contributed by atoms with Crippen molar-refractivity contribution in [3.05, 3.63) is 44.7 Å². The SMILES string of the molecule is OCC#Cc1ccsc1CSc1ccc(Br)cn1. The third-order valence-corrected chi connectivity index (χ3v) is 4.64. The van der Waals surface area contributed by atoms with Gasteiger partial charge < -0.3 is 5.11 Å². The Morgan fingerprint density at radius 1 is 1.39 bits per heavy atom. The Kier molecular flexibility index (Phi) is 5.26. The lowest BCUT2D eigenvalue weighted by Crippen LogP contribution is -1.83. The van der Waals surface area contributed by atoms with Gasteiger partial charge in [0.25, 0.3) is 0 Å². The average Bonchev–Trinajstić information content (AvgIpc) is 2.83.